The molecule has 0 radical (unpaired) electrons. The number of hydrogen-bond acceptors (Lipinski definition) is 5. The van der Waals surface area contributed by atoms with E-state index in [-0.39, 0.29) is 18.0 Å². The van der Waals surface area contributed by atoms with Gasteiger partial charge in [0, 0.05) is 13.1 Å². The molecule has 2 aromatic rings. The summed E-state index contributed by atoms with van der Waals surface area (Å²) in [5.41, 5.74) is 0.725. The van der Waals surface area contributed by atoms with Crippen LogP contribution in [-0.2, 0) is 6.54 Å². The maximum absolute atomic E-state index is 12.3. The second kappa shape index (κ2) is 7.77. The molecule has 2 N–H and O–H groups in total. The van der Waals surface area contributed by atoms with Gasteiger partial charge in [0.2, 0.25) is 0 Å². The third-order valence-corrected chi connectivity index (χ3v) is 2.98. The number of aliphatic hydroxyl groups is 1. The SMILES string of the molecule is COc1ccc(CNCC(O)c2ccco2)cc1OC(F)F. The topological polar surface area (TPSA) is 63.9 Å². The van der Waals surface area contributed by atoms with Crippen LogP contribution in [0, 0.1) is 0 Å². The molecule has 120 valence electrons. The molecule has 0 bridgehead atoms. The van der Waals surface area contributed by atoms with E-state index in [0.29, 0.717) is 12.3 Å². The molecule has 0 spiro atoms. The van der Waals surface area contributed by atoms with Gasteiger partial charge in [-0.15, -0.1) is 0 Å². The smallest absolute Gasteiger partial charge is 0.387 e. The Labute approximate surface area is 126 Å². The number of benzene rings is 1. The Morgan fingerprint density at radius 1 is 1.27 bits per heavy atom. The molecule has 0 aliphatic carbocycles. The zero-order valence-corrected chi connectivity index (χ0v) is 12.0. The molecule has 1 atom stereocenters. The Kier molecular flexibility index (Phi) is 5.74. The predicted molar refractivity (Wildman–Crippen MR) is 75.0 cm³/mol. The van der Waals surface area contributed by atoms with Crippen molar-refractivity contribution < 1.29 is 27.8 Å². The highest BCUT2D eigenvalue weighted by molar-refractivity contribution is 5.43. The monoisotopic (exact) mass is 313 g/mol. The van der Waals surface area contributed by atoms with Crippen molar-refractivity contribution in [3.8, 4) is 11.5 Å². The minimum Gasteiger partial charge on any atom is -0.493 e. The number of halogens is 2. The number of alkyl halides is 2. The average Bonchev–Trinajstić information content (AvgIpc) is 3.01. The normalized spacial score (nSPS) is 12.4. The standard InChI is InChI=1S/C15H17F2NO4/c1-20-13-5-4-10(7-14(13)22-15(16)17)8-18-9-11(19)12-3-2-6-21-12/h2-7,11,15,18-19H,8-9H2,1H3. The first-order chi connectivity index (χ1) is 10.6. The lowest BCUT2D eigenvalue weighted by Crippen LogP contribution is -2.20. The maximum Gasteiger partial charge on any atom is 0.387 e. The zero-order valence-electron chi connectivity index (χ0n) is 12.0. The molecule has 22 heavy (non-hydrogen) atoms. The van der Waals surface area contributed by atoms with E-state index in [9.17, 15) is 13.9 Å². The number of ether oxygens (including phenoxy) is 2. The minimum atomic E-state index is -2.92. The van der Waals surface area contributed by atoms with Crippen LogP contribution in [0.2, 0.25) is 0 Å². The van der Waals surface area contributed by atoms with Crippen molar-refractivity contribution in [1.82, 2.24) is 5.32 Å². The van der Waals surface area contributed by atoms with Crippen molar-refractivity contribution in [2.45, 2.75) is 19.3 Å². The van der Waals surface area contributed by atoms with Gasteiger partial charge in [0.15, 0.2) is 11.5 Å². The highest BCUT2D eigenvalue weighted by atomic mass is 19.3. The lowest BCUT2D eigenvalue weighted by Gasteiger charge is -2.13. The van der Waals surface area contributed by atoms with Crippen LogP contribution in [0.25, 0.3) is 0 Å². The third-order valence-electron chi connectivity index (χ3n) is 2.98. The van der Waals surface area contributed by atoms with Crippen LogP contribution < -0.4 is 14.8 Å². The first-order valence-electron chi connectivity index (χ1n) is 6.64. The Morgan fingerprint density at radius 2 is 2.09 bits per heavy atom. The molecular weight excluding hydrogens is 296 g/mol. The van der Waals surface area contributed by atoms with Crippen molar-refractivity contribution in [1.29, 1.82) is 0 Å². The van der Waals surface area contributed by atoms with E-state index < -0.39 is 12.7 Å². The zero-order chi connectivity index (χ0) is 15.9. The molecule has 1 heterocycles. The fourth-order valence-corrected chi connectivity index (χ4v) is 1.95. The summed E-state index contributed by atoms with van der Waals surface area (Å²) in [5, 5.41) is 12.9. The van der Waals surface area contributed by atoms with E-state index >= 15 is 0 Å². The van der Waals surface area contributed by atoms with Crippen molar-refractivity contribution in [2.75, 3.05) is 13.7 Å². The van der Waals surface area contributed by atoms with Crippen LogP contribution in [0.15, 0.2) is 41.0 Å². The van der Waals surface area contributed by atoms with Gasteiger partial charge in [0.1, 0.15) is 11.9 Å². The molecule has 7 heteroatoms. The van der Waals surface area contributed by atoms with Crippen LogP contribution in [0.3, 0.4) is 0 Å². The van der Waals surface area contributed by atoms with Crippen molar-refractivity contribution in [3.05, 3.63) is 47.9 Å². The maximum atomic E-state index is 12.3. The molecule has 2 rings (SSSR count). The lowest BCUT2D eigenvalue weighted by molar-refractivity contribution is -0.0512. The number of nitrogens with one attached hydrogen (secondary N) is 1. The van der Waals surface area contributed by atoms with E-state index in [1.54, 1.807) is 24.3 Å². The molecule has 0 fully saturated rings. The van der Waals surface area contributed by atoms with E-state index in [2.05, 4.69) is 10.1 Å². The fourth-order valence-electron chi connectivity index (χ4n) is 1.95. The Hall–Kier alpha value is -2.12. The van der Waals surface area contributed by atoms with Gasteiger partial charge in [-0.25, -0.2) is 0 Å². The van der Waals surface area contributed by atoms with Gasteiger partial charge in [-0.1, -0.05) is 6.07 Å². The van der Waals surface area contributed by atoms with Crippen LogP contribution in [0.1, 0.15) is 17.4 Å². The predicted octanol–water partition coefficient (Wildman–Crippen LogP) is 2.71. The molecule has 1 unspecified atom stereocenters. The number of aliphatic hydroxyl groups excluding tert-OH is 1. The first kappa shape index (κ1) is 16.3. The summed E-state index contributed by atoms with van der Waals surface area (Å²) >= 11 is 0. The fraction of sp³-hybridized carbons (Fsp3) is 0.333. The second-order valence-electron chi connectivity index (χ2n) is 4.53. The second-order valence-corrected chi connectivity index (χ2v) is 4.53. The lowest BCUT2D eigenvalue weighted by atomic mass is 10.2. The quantitative estimate of drug-likeness (QED) is 0.784. The van der Waals surface area contributed by atoms with Crippen molar-refractivity contribution in [3.63, 3.8) is 0 Å². The molecule has 1 aromatic carbocycles. The van der Waals surface area contributed by atoms with E-state index in [0.717, 1.165) is 5.56 Å². The van der Waals surface area contributed by atoms with Gasteiger partial charge in [0.05, 0.1) is 13.4 Å². The van der Waals surface area contributed by atoms with Crippen LogP contribution in [-0.4, -0.2) is 25.4 Å². The van der Waals surface area contributed by atoms with Gasteiger partial charge in [-0.2, -0.15) is 8.78 Å². The number of rotatable bonds is 8. The number of methoxy groups -OCH3 is 1. The Balaban J connectivity index is 1.92. The summed E-state index contributed by atoms with van der Waals surface area (Å²) in [6, 6.07) is 8.11. The highest BCUT2D eigenvalue weighted by Crippen LogP contribution is 2.29. The van der Waals surface area contributed by atoms with Crippen LogP contribution in [0.5, 0.6) is 11.5 Å². The molecule has 5 nitrogen and oxygen atoms in total. The largest absolute Gasteiger partial charge is 0.493 e. The van der Waals surface area contributed by atoms with Gasteiger partial charge in [0.25, 0.3) is 0 Å². The van der Waals surface area contributed by atoms with Crippen LogP contribution in [0.4, 0.5) is 8.78 Å². The molecular formula is C15H17F2NO4. The van der Waals surface area contributed by atoms with Gasteiger partial charge in [-0.3, -0.25) is 0 Å². The number of furan rings is 1. The van der Waals surface area contributed by atoms with Crippen molar-refractivity contribution >= 4 is 0 Å². The molecule has 0 saturated heterocycles. The average molecular weight is 313 g/mol. The Bertz CT molecular complexity index is 575. The van der Waals surface area contributed by atoms with Gasteiger partial charge in [-0.05, 0) is 29.8 Å². The van der Waals surface area contributed by atoms with E-state index in [4.69, 9.17) is 9.15 Å². The molecule has 1 aromatic heterocycles. The van der Waals surface area contributed by atoms with E-state index in [1.165, 1.54) is 19.4 Å². The third kappa shape index (κ3) is 4.44. The van der Waals surface area contributed by atoms with E-state index in [1.807, 2.05) is 0 Å². The summed E-state index contributed by atoms with van der Waals surface area (Å²) in [7, 11) is 1.38. The highest BCUT2D eigenvalue weighted by Gasteiger charge is 2.12. The summed E-state index contributed by atoms with van der Waals surface area (Å²) in [6.45, 7) is -2.27. The summed E-state index contributed by atoms with van der Waals surface area (Å²) in [4.78, 5) is 0. The summed E-state index contributed by atoms with van der Waals surface area (Å²) in [5.74, 6) is 0.673. The molecule has 0 saturated carbocycles. The summed E-state index contributed by atoms with van der Waals surface area (Å²) in [6.07, 6.45) is 0.709. The molecule has 0 amide bonds. The van der Waals surface area contributed by atoms with Gasteiger partial charge >= 0.3 is 6.61 Å². The van der Waals surface area contributed by atoms with Crippen LogP contribution >= 0.6 is 0 Å². The molecule has 0 aliphatic heterocycles. The first-order valence-corrected chi connectivity index (χ1v) is 6.64. The van der Waals surface area contributed by atoms with Crippen molar-refractivity contribution in [2.24, 2.45) is 0 Å². The molecule has 0 aliphatic rings. The minimum absolute atomic E-state index is 0.0246. The summed E-state index contributed by atoms with van der Waals surface area (Å²) < 4.78 is 39.1. The number of hydrogen-bond donors (Lipinski definition) is 2. The Morgan fingerprint density at radius 3 is 2.73 bits per heavy atom. The van der Waals surface area contributed by atoms with Gasteiger partial charge < -0.3 is 24.3 Å².